The number of benzene rings is 2. The molecule has 39 heavy (non-hydrogen) atoms. The van der Waals surface area contributed by atoms with E-state index in [1.165, 1.54) is 48.2 Å². The highest BCUT2D eigenvalue weighted by molar-refractivity contribution is 7.89. The highest BCUT2D eigenvalue weighted by atomic mass is 32.2. The molecule has 2 amide bonds. The number of ketones is 1. The fourth-order valence-electron chi connectivity index (χ4n) is 5.18. The number of sulfonamides is 1. The minimum absolute atomic E-state index is 0.00366. The zero-order valence-electron chi connectivity index (χ0n) is 22.4. The van der Waals surface area contributed by atoms with Crippen molar-refractivity contribution < 1.29 is 27.9 Å². The molecule has 2 heterocycles. The molecule has 1 unspecified atom stereocenters. The van der Waals surface area contributed by atoms with Gasteiger partial charge in [-0.3, -0.25) is 14.4 Å². The van der Waals surface area contributed by atoms with Crippen LogP contribution in [0.4, 0.5) is 5.69 Å². The van der Waals surface area contributed by atoms with E-state index in [4.69, 9.17) is 0 Å². The van der Waals surface area contributed by atoms with Gasteiger partial charge in [0.2, 0.25) is 10.0 Å². The molecular weight excluding hydrogens is 520 g/mol. The maximum atomic E-state index is 14.3. The normalized spacial score (nSPS) is 20.5. The van der Waals surface area contributed by atoms with Crippen molar-refractivity contribution in [2.75, 3.05) is 52.7 Å². The second-order valence-corrected chi connectivity index (χ2v) is 12.1. The fourth-order valence-corrected chi connectivity index (χ4v) is 6.13. The molecule has 1 atom stereocenters. The molecule has 206 valence electrons. The van der Waals surface area contributed by atoms with Gasteiger partial charge in [-0.2, -0.15) is 0 Å². The van der Waals surface area contributed by atoms with Gasteiger partial charge in [0.15, 0.2) is 5.54 Å². The van der Waals surface area contributed by atoms with E-state index in [0.717, 1.165) is 4.31 Å². The Morgan fingerprint density at radius 2 is 1.74 bits per heavy atom. The summed E-state index contributed by atoms with van der Waals surface area (Å²) in [6.07, 6.45) is 2.01. The molecule has 1 saturated heterocycles. The number of hydrogen-bond donors (Lipinski definition) is 1. The number of amides is 2. The summed E-state index contributed by atoms with van der Waals surface area (Å²) < 4.78 is 26.6. The van der Waals surface area contributed by atoms with Crippen molar-refractivity contribution >= 4 is 39.1 Å². The van der Waals surface area contributed by atoms with E-state index in [1.807, 2.05) is 19.0 Å². The minimum Gasteiger partial charge on any atom is -0.507 e. The lowest BCUT2D eigenvalue weighted by molar-refractivity contribution is -0.143. The topological polar surface area (TPSA) is 119 Å². The molecule has 1 N–H and O–H groups in total. The van der Waals surface area contributed by atoms with Crippen LogP contribution < -0.4 is 4.90 Å². The molecule has 0 radical (unpaired) electrons. The van der Waals surface area contributed by atoms with Crippen LogP contribution in [0.5, 0.6) is 0 Å². The van der Waals surface area contributed by atoms with Crippen molar-refractivity contribution in [2.45, 2.75) is 16.9 Å². The second kappa shape index (κ2) is 10.4. The first-order valence-electron chi connectivity index (χ1n) is 12.4. The number of carbonyl (C=O) groups excluding carboxylic acids is 3. The molecule has 2 aromatic rings. The lowest BCUT2D eigenvalue weighted by atomic mass is 9.82. The number of nitrogens with zero attached hydrogens (tertiary/aromatic N) is 4. The first-order chi connectivity index (χ1) is 18.4. The average Bonchev–Trinajstić information content (AvgIpc) is 3.27. The number of hydrogen-bond acceptors (Lipinski definition) is 7. The predicted octanol–water partition coefficient (Wildman–Crippen LogP) is 2.00. The first-order valence-corrected chi connectivity index (χ1v) is 13.8. The lowest BCUT2D eigenvalue weighted by Crippen LogP contribution is -2.52. The summed E-state index contributed by atoms with van der Waals surface area (Å²) in [7, 11) is 2.64. The summed E-state index contributed by atoms with van der Waals surface area (Å²) in [6, 6.07) is 12.3. The monoisotopic (exact) mass is 552 g/mol. The summed E-state index contributed by atoms with van der Waals surface area (Å²) in [4.78, 5) is 46.0. The molecule has 0 bridgehead atoms. The van der Waals surface area contributed by atoms with Crippen LogP contribution in [-0.2, 0) is 29.9 Å². The molecule has 0 aliphatic carbocycles. The first kappa shape index (κ1) is 28.2. The van der Waals surface area contributed by atoms with Crippen LogP contribution in [0, 0.1) is 0 Å². The quantitative estimate of drug-likeness (QED) is 0.219. The standard InChI is InChI=1S/C28H32N4O6S/c1-6-15-31-22-14-8-7-13-21(22)28(27(31)36)23(25(34)26(35)32(28)17-10-16-29(2)3)24(33)19-11-9-12-20(18-19)39(37,38)30(4)5/h6-9,11-14,18,33H,1,10,15-17H2,2-5H3/b24-23+. The molecule has 1 fully saturated rings. The molecule has 0 saturated carbocycles. The van der Waals surface area contributed by atoms with Crippen LogP contribution in [0.3, 0.4) is 0 Å². The minimum atomic E-state index is -3.87. The van der Waals surface area contributed by atoms with Gasteiger partial charge in [0.05, 0.1) is 16.2 Å². The number of para-hydroxylation sites is 1. The van der Waals surface area contributed by atoms with Crippen LogP contribution in [0.25, 0.3) is 5.76 Å². The van der Waals surface area contributed by atoms with E-state index in [-0.39, 0.29) is 29.1 Å². The third kappa shape index (κ3) is 4.36. The van der Waals surface area contributed by atoms with Crippen molar-refractivity contribution in [3.8, 4) is 0 Å². The molecule has 0 aromatic heterocycles. The van der Waals surface area contributed by atoms with Crippen LogP contribution in [0.1, 0.15) is 17.5 Å². The number of anilines is 1. The van der Waals surface area contributed by atoms with Gasteiger partial charge in [0.1, 0.15) is 5.76 Å². The van der Waals surface area contributed by atoms with Crippen molar-refractivity contribution in [2.24, 2.45) is 0 Å². The Labute approximate surface area is 228 Å². The average molecular weight is 553 g/mol. The Morgan fingerprint density at radius 1 is 1.05 bits per heavy atom. The van der Waals surface area contributed by atoms with Gasteiger partial charge in [-0.25, -0.2) is 12.7 Å². The van der Waals surface area contributed by atoms with Gasteiger partial charge >= 0.3 is 0 Å². The van der Waals surface area contributed by atoms with Crippen LogP contribution >= 0.6 is 0 Å². The molecule has 4 rings (SSSR count). The van der Waals surface area contributed by atoms with Gasteiger partial charge in [-0.15, -0.1) is 6.58 Å². The summed E-state index contributed by atoms with van der Waals surface area (Å²) in [6.45, 7) is 4.54. The van der Waals surface area contributed by atoms with Gasteiger partial charge in [0.25, 0.3) is 17.6 Å². The Bertz CT molecular complexity index is 1500. The highest BCUT2D eigenvalue weighted by Crippen LogP contribution is 2.53. The maximum Gasteiger partial charge on any atom is 0.296 e. The zero-order chi connectivity index (χ0) is 28.7. The molecule has 2 aliphatic rings. The van der Waals surface area contributed by atoms with E-state index in [9.17, 15) is 27.9 Å². The van der Waals surface area contributed by atoms with E-state index >= 15 is 0 Å². The van der Waals surface area contributed by atoms with Crippen molar-refractivity contribution in [1.29, 1.82) is 0 Å². The van der Waals surface area contributed by atoms with Gasteiger partial charge in [-0.1, -0.05) is 36.4 Å². The van der Waals surface area contributed by atoms with Crippen molar-refractivity contribution in [3.05, 3.63) is 77.9 Å². The molecule has 2 aliphatic heterocycles. The van der Waals surface area contributed by atoms with Crippen molar-refractivity contribution in [1.82, 2.24) is 14.1 Å². The van der Waals surface area contributed by atoms with E-state index in [2.05, 4.69) is 6.58 Å². The van der Waals surface area contributed by atoms with E-state index in [1.54, 1.807) is 30.3 Å². The lowest BCUT2D eigenvalue weighted by Gasteiger charge is -2.34. The zero-order valence-corrected chi connectivity index (χ0v) is 23.2. The van der Waals surface area contributed by atoms with E-state index in [0.29, 0.717) is 24.2 Å². The second-order valence-electron chi connectivity index (χ2n) is 9.91. The van der Waals surface area contributed by atoms with Gasteiger partial charge in [-0.05, 0) is 45.3 Å². The van der Waals surface area contributed by atoms with Crippen LogP contribution in [-0.4, -0.2) is 93.1 Å². The van der Waals surface area contributed by atoms with Gasteiger partial charge < -0.3 is 19.8 Å². The predicted molar refractivity (Wildman–Crippen MR) is 147 cm³/mol. The summed E-state index contributed by atoms with van der Waals surface area (Å²) in [5.41, 5.74) is -1.42. The smallest absolute Gasteiger partial charge is 0.296 e. The third-order valence-corrected chi connectivity index (χ3v) is 8.81. The Morgan fingerprint density at radius 3 is 2.38 bits per heavy atom. The van der Waals surface area contributed by atoms with Gasteiger partial charge in [0, 0.05) is 38.3 Å². The number of carbonyl (C=O) groups is 3. The number of likely N-dealkylation sites (tertiary alicyclic amines) is 1. The maximum absolute atomic E-state index is 14.3. The third-order valence-electron chi connectivity index (χ3n) is 6.99. The number of rotatable bonds is 9. The Hall–Kier alpha value is -3.80. The summed E-state index contributed by atoms with van der Waals surface area (Å²) >= 11 is 0. The highest BCUT2D eigenvalue weighted by Gasteiger charge is 2.66. The Balaban J connectivity index is 2.02. The van der Waals surface area contributed by atoms with Crippen LogP contribution in [0.15, 0.2) is 71.7 Å². The van der Waals surface area contributed by atoms with Crippen LogP contribution in [0.2, 0.25) is 0 Å². The molecule has 10 nitrogen and oxygen atoms in total. The molecule has 1 spiro atoms. The number of aliphatic hydroxyl groups is 1. The number of aliphatic hydroxyl groups excluding tert-OH is 1. The SMILES string of the molecule is C=CCN1C(=O)C2(/C(=C(/O)c3cccc(S(=O)(=O)N(C)C)c3)C(=O)C(=O)N2CCCN(C)C)c2ccccc21. The summed E-state index contributed by atoms with van der Waals surface area (Å²) in [5, 5.41) is 11.6. The molecular formula is C28H32N4O6S. The Kier molecular flexibility index (Phi) is 7.53. The number of fused-ring (bicyclic) bond motifs is 2. The number of Topliss-reactive ketones (excluding diaryl/α,β-unsaturated/α-hetero) is 1. The molecule has 11 heteroatoms. The summed E-state index contributed by atoms with van der Waals surface area (Å²) in [5.74, 6) is -3.10. The fraction of sp³-hybridized carbons (Fsp3) is 0.321. The van der Waals surface area contributed by atoms with Crippen molar-refractivity contribution in [3.63, 3.8) is 0 Å². The van der Waals surface area contributed by atoms with E-state index < -0.39 is 38.9 Å². The molecule has 2 aromatic carbocycles. The largest absolute Gasteiger partial charge is 0.507 e.